The molecule has 3 N–H and O–H groups in total. The second kappa shape index (κ2) is 8.84. The third-order valence-corrected chi connectivity index (χ3v) is 5.24. The number of carbonyl (C=O) groups excluding carboxylic acids is 2. The molecule has 0 saturated heterocycles. The number of benzene rings is 2. The van der Waals surface area contributed by atoms with Gasteiger partial charge in [0.15, 0.2) is 5.13 Å². The van der Waals surface area contributed by atoms with Crippen LogP contribution in [0.4, 0.5) is 9.93 Å². The van der Waals surface area contributed by atoms with Gasteiger partial charge in [0.1, 0.15) is 6.04 Å². The highest BCUT2D eigenvalue weighted by atomic mass is 32.1. The summed E-state index contributed by atoms with van der Waals surface area (Å²) in [6, 6.07) is 14.5. The van der Waals surface area contributed by atoms with E-state index in [4.69, 9.17) is 0 Å². The molecular formula is C21H24N4O2S. The predicted molar refractivity (Wildman–Crippen MR) is 113 cm³/mol. The minimum Gasteiger partial charge on any atom is -0.334 e. The number of rotatable bonds is 6. The largest absolute Gasteiger partial charge is 0.334 e. The van der Waals surface area contributed by atoms with Gasteiger partial charge in [-0.3, -0.25) is 4.79 Å². The molecule has 2 aromatic carbocycles. The van der Waals surface area contributed by atoms with Crippen molar-refractivity contribution in [2.45, 2.75) is 33.4 Å². The van der Waals surface area contributed by atoms with E-state index in [0.717, 1.165) is 21.3 Å². The molecule has 3 amide bonds. The number of amides is 3. The van der Waals surface area contributed by atoms with Crippen LogP contribution < -0.4 is 16.0 Å². The number of hydrogen-bond acceptors (Lipinski definition) is 4. The summed E-state index contributed by atoms with van der Waals surface area (Å²) in [7, 11) is 0. The van der Waals surface area contributed by atoms with Crippen LogP contribution in [-0.4, -0.2) is 23.0 Å². The SMILES string of the molecule is Cc1ccc2nc(NC(=O)C(NC(=O)NCc3ccccc3)C(C)C)sc2c1. The normalized spacial score (nSPS) is 12.0. The minimum absolute atomic E-state index is 0.0703. The molecule has 0 aliphatic carbocycles. The van der Waals surface area contributed by atoms with Gasteiger partial charge in [0, 0.05) is 6.54 Å². The zero-order valence-electron chi connectivity index (χ0n) is 16.2. The summed E-state index contributed by atoms with van der Waals surface area (Å²) < 4.78 is 1.02. The standard InChI is InChI=1S/C21H24N4O2S/c1-13(2)18(24-20(27)22-12-15-7-5-4-6-8-15)19(26)25-21-23-16-10-9-14(3)11-17(16)28-21/h4-11,13,18H,12H2,1-3H3,(H2,22,24,27)(H,23,25,26). The molecule has 6 nitrogen and oxygen atoms in total. The number of nitrogens with one attached hydrogen (secondary N) is 3. The Balaban J connectivity index is 1.61. The van der Waals surface area contributed by atoms with E-state index in [-0.39, 0.29) is 17.9 Å². The fourth-order valence-corrected chi connectivity index (χ4v) is 3.74. The minimum atomic E-state index is -0.662. The Morgan fingerprint density at radius 3 is 2.57 bits per heavy atom. The lowest BCUT2D eigenvalue weighted by Crippen LogP contribution is -2.50. The van der Waals surface area contributed by atoms with E-state index in [9.17, 15) is 9.59 Å². The summed E-state index contributed by atoms with van der Waals surface area (Å²) in [5, 5.41) is 8.92. The highest BCUT2D eigenvalue weighted by Crippen LogP contribution is 2.26. The fourth-order valence-electron chi connectivity index (χ4n) is 2.77. The number of hydrogen-bond donors (Lipinski definition) is 3. The van der Waals surface area contributed by atoms with Crippen molar-refractivity contribution in [3.05, 3.63) is 59.7 Å². The maximum atomic E-state index is 12.7. The van der Waals surface area contributed by atoms with E-state index >= 15 is 0 Å². The first kappa shape index (κ1) is 19.8. The van der Waals surface area contributed by atoms with Gasteiger partial charge in [-0.25, -0.2) is 9.78 Å². The molecule has 1 atom stereocenters. The number of anilines is 1. The van der Waals surface area contributed by atoms with Crippen LogP contribution in [0.3, 0.4) is 0 Å². The Hall–Kier alpha value is -2.93. The predicted octanol–water partition coefficient (Wildman–Crippen LogP) is 4.07. The molecule has 0 radical (unpaired) electrons. The first-order chi connectivity index (χ1) is 13.4. The van der Waals surface area contributed by atoms with Crippen LogP contribution in [0.5, 0.6) is 0 Å². The van der Waals surface area contributed by atoms with Crippen LogP contribution >= 0.6 is 11.3 Å². The zero-order valence-corrected chi connectivity index (χ0v) is 17.0. The highest BCUT2D eigenvalue weighted by molar-refractivity contribution is 7.22. The van der Waals surface area contributed by atoms with Gasteiger partial charge in [-0.15, -0.1) is 0 Å². The zero-order chi connectivity index (χ0) is 20.1. The summed E-state index contributed by atoms with van der Waals surface area (Å²) in [5.74, 6) is -0.347. The van der Waals surface area contributed by atoms with Gasteiger partial charge in [0.05, 0.1) is 10.2 Å². The maximum absolute atomic E-state index is 12.7. The highest BCUT2D eigenvalue weighted by Gasteiger charge is 2.25. The average Bonchev–Trinajstić information content (AvgIpc) is 3.06. The van der Waals surface area contributed by atoms with Gasteiger partial charge in [-0.2, -0.15) is 0 Å². The Kier molecular flexibility index (Phi) is 6.26. The number of carbonyl (C=O) groups is 2. The molecule has 0 fully saturated rings. The first-order valence-electron chi connectivity index (χ1n) is 9.18. The van der Waals surface area contributed by atoms with Gasteiger partial charge in [0.2, 0.25) is 5.91 Å². The molecule has 0 aliphatic heterocycles. The summed E-state index contributed by atoms with van der Waals surface area (Å²) in [6.07, 6.45) is 0. The van der Waals surface area contributed by atoms with E-state index in [1.807, 2.05) is 69.3 Å². The van der Waals surface area contributed by atoms with E-state index < -0.39 is 6.04 Å². The average molecular weight is 397 g/mol. The number of aromatic nitrogens is 1. The van der Waals surface area contributed by atoms with Gasteiger partial charge < -0.3 is 16.0 Å². The van der Waals surface area contributed by atoms with Crippen molar-refractivity contribution < 1.29 is 9.59 Å². The number of fused-ring (bicyclic) bond motifs is 1. The molecule has 0 saturated carbocycles. The van der Waals surface area contributed by atoms with Crippen molar-refractivity contribution in [3.63, 3.8) is 0 Å². The van der Waals surface area contributed by atoms with E-state index in [1.165, 1.54) is 11.3 Å². The monoisotopic (exact) mass is 396 g/mol. The number of urea groups is 1. The van der Waals surface area contributed by atoms with E-state index in [1.54, 1.807) is 0 Å². The Bertz CT molecular complexity index is 969. The summed E-state index contributed by atoms with van der Waals surface area (Å²) in [5.41, 5.74) is 2.99. The second-order valence-electron chi connectivity index (χ2n) is 7.01. The van der Waals surface area contributed by atoms with Crippen LogP contribution in [0.25, 0.3) is 10.2 Å². The molecule has 1 aromatic heterocycles. The van der Waals surface area contributed by atoms with E-state index in [0.29, 0.717) is 11.7 Å². The van der Waals surface area contributed by atoms with Crippen molar-refractivity contribution in [3.8, 4) is 0 Å². The lowest BCUT2D eigenvalue weighted by atomic mass is 10.0. The second-order valence-corrected chi connectivity index (χ2v) is 8.04. The number of nitrogens with zero attached hydrogens (tertiary/aromatic N) is 1. The molecule has 3 aromatic rings. The molecule has 0 aliphatic rings. The topological polar surface area (TPSA) is 83.1 Å². The fraction of sp³-hybridized carbons (Fsp3) is 0.286. The molecule has 0 bridgehead atoms. The van der Waals surface area contributed by atoms with Crippen molar-refractivity contribution in [2.24, 2.45) is 5.92 Å². The first-order valence-corrected chi connectivity index (χ1v) is 10.0. The lowest BCUT2D eigenvalue weighted by Gasteiger charge is -2.21. The Morgan fingerprint density at radius 2 is 1.86 bits per heavy atom. The third kappa shape index (κ3) is 5.07. The van der Waals surface area contributed by atoms with Gasteiger partial charge in [-0.05, 0) is 36.1 Å². The van der Waals surface area contributed by atoms with Crippen molar-refractivity contribution >= 4 is 38.6 Å². The smallest absolute Gasteiger partial charge is 0.315 e. The van der Waals surface area contributed by atoms with Crippen LogP contribution in [-0.2, 0) is 11.3 Å². The maximum Gasteiger partial charge on any atom is 0.315 e. The van der Waals surface area contributed by atoms with Crippen LogP contribution in [0.2, 0.25) is 0 Å². The van der Waals surface area contributed by atoms with Gasteiger partial charge in [0.25, 0.3) is 0 Å². The van der Waals surface area contributed by atoms with Crippen molar-refractivity contribution in [1.29, 1.82) is 0 Å². The van der Waals surface area contributed by atoms with Crippen LogP contribution in [0.15, 0.2) is 48.5 Å². The van der Waals surface area contributed by atoms with Crippen molar-refractivity contribution in [2.75, 3.05) is 5.32 Å². The number of aryl methyl sites for hydroxylation is 1. The Labute approximate surface area is 168 Å². The molecule has 3 rings (SSSR count). The molecule has 1 unspecified atom stereocenters. The summed E-state index contributed by atoms with van der Waals surface area (Å²) in [6.45, 7) is 6.20. The molecular weight excluding hydrogens is 372 g/mol. The molecule has 146 valence electrons. The van der Waals surface area contributed by atoms with Gasteiger partial charge in [-0.1, -0.05) is 61.6 Å². The molecule has 7 heteroatoms. The lowest BCUT2D eigenvalue weighted by molar-refractivity contribution is -0.118. The van der Waals surface area contributed by atoms with Gasteiger partial charge >= 0.3 is 6.03 Å². The van der Waals surface area contributed by atoms with E-state index in [2.05, 4.69) is 20.9 Å². The van der Waals surface area contributed by atoms with Crippen LogP contribution in [0, 0.1) is 12.8 Å². The quantitative estimate of drug-likeness (QED) is 0.587. The number of thiazole rings is 1. The third-order valence-electron chi connectivity index (χ3n) is 4.31. The molecule has 1 heterocycles. The Morgan fingerprint density at radius 1 is 1.11 bits per heavy atom. The molecule has 28 heavy (non-hydrogen) atoms. The van der Waals surface area contributed by atoms with Crippen molar-refractivity contribution in [1.82, 2.24) is 15.6 Å². The summed E-state index contributed by atoms with van der Waals surface area (Å²) >= 11 is 1.42. The van der Waals surface area contributed by atoms with Crippen LogP contribution in [0.1, 0.15) is 25.0 Å². The molecule has 0 spiro atoms. The summed E-state index contributed by atoms with van der Waals surface area (Å²) in [4.78, 5) is 29.4.